The van der Waals surface area contributed by atoms with E-state index in [4.69, 9.17) is 0 Å². The van der Waals surface area contributed by atoms with Crippen molar-refractivity contribution in [1.29, 1.82) is 0 Å². The molecule has 0 aromatic carbocycles. The van der Waals surface area contributed by atoms with Gasteiger partial charge in [-0.25, -0.2) is 0 Å². The summed E-state index contributed by atoms with van der Waals surface area (Å²) in [4.78, 5) is 14.3. The van der Waals surface area contributed by atoms with Gasteiger partial charge in [0.25, 0.3) is 5.91 Å². The van der Waals surface area contributed by atoms with Gasteiger partial charge >= 0.3 is 0 Å². The second kappa shape index (κ2) is 5.34. The minimum Gasteiger partial charge on any atom is -0.339 e. The summed E-state index contributed by atoms with van der Waals surface area (Å²) in [6, 6.07) is 0. The Balaban J connectivity index is 2.03. The zero-order valence-electron chi connectivity index (χ0n) is 10.7. The molecule has 0 spiro atoms. The molecule has 1 N–H and O–H groups in total. The zero-order chi connectivity index (χ0) is 12.3. The lowest BCUT2D eigenvalue weighted by Crippen LogP contribution is -2.32. The number of aromatic nitrogens is 2. The van der Waals surface area contributed by atoms with Crippen molar-refractivity contribution >= 4 is 5.91 Å². The number of carbonyl (C=O) groups is 1. The summed E-state index contributed by atoms with van der Waals surface area (Å²) in [5.41, 5.74) is 1.59. The first-order valence-corrected chi connectivity index (χ1v) is 6.51. The Morgan fingerprint density at radius 2 is 2.35 bits per heavy atom. The van der Waals surface area contributed by atoms with E-state index in [9.17, 15) is 4.79 Å². The van der Waals surface area contributed by atoms with Gasteiger partial charge in [0.15, 0.2) is 0 Å². The van der Waals surface area contributed by atoms with Crippen LogP contribution in [0.15, 0.2) is 6.20 Å². The number of aryl methyl sites for hydroxylation is 1. The fourth-order valence-electron chi connectivity index (χ4n) is 2.51. The predicted octanol–water partition coefficient (Wildman–Crippen LogP) is 2.37. The number of rotatable bonds is 2. The molecule has 2 heterocycles. The highest BCUT2D eigenvalue weighted by Crippen LogP contribution is 2.21. The van der Waals surface area contributed by atoms with Crippen LogP contribution in [0.2, 0.25) is 0 Å². The number of carbonyl (C=O) groups excluding carboxylic acids is 1. The first-order chi connectivity index (χ1) is 8.22. The van der Waals surface area contributed by atoms with E-state index < -0.39 is 0 Å². The molecule has 1 amide bonds. The van der Waals surface area contributed by atoms with E-state index in [1.807, 2.05) is 11.8 Å². The molecule has 1 aliphatic rings. The average Bonchev–Trinajstić information content (AvgIpc) is 2.64. The maximum absolute atomic E-state index is 12.3. The molecule has 0 bridgehead atoms. The molecule has 1 fully saturated rings. The average molecular weight is 235 g/mol. The Morgan fingerprint density at radius 3 is 3.00 bits per heavy atom. The lowest BCUT2D eigenvalue weighted by atomic mass is 9.98. The highest BCUT2D eigenvalue weighted by atomic mass is 16.2. The van der Waals surface area contributed by atoms with Crippen LogP contribution in [0.4, 0.5) is 0 Å². The number of hydrogen-bond donors (Lipinski definition) is 1. The predicted molar refractivity (Wildman–Crippen MR) is 66.9 cm³/mol. The van der Waals surface area contributed by atoms with Gasteiger partial charge in [0.1, 0.15) is 0 Å². The summed E-state index contributed by atoms with van der Waals surface area (Å²) in [5.74, 6) is 0.922. The normalized spacial score (nSPS) is 21.3. The maximum Gasteiger partial charge on any atom is 0.257 e. The van der Waals surface area contributed by atoms with Crippen molar-refractivity contribution < 1.29 is 4.79 Å². The van der Waals surface area contributed by atoms with Crippen LogP contribution in [0.25, 0.3) is 0 Å². The highest BCUT2D eigenvalue weighted by Gasteiger charge is 2.22. The van der Waals surface area contributed by atoms with E-state index in [1.54, 1.807) is 6.20 Å². The lowest BCUT2D eigenvalue weighted by molar-refractivity contribution is 0.0759. The highest BCUT2D eigenvalue weighted by molar-refractivity contribution is 5.95. The smallest absolute Gasteiger partial charge is 0.257 e. The van der Waals surface area contributed by atoms with Gasteiger partial charge in [0.05, 0.1) is 11.8 Å². The molecular formula is C13H21N3O. The standard InChI is InChI=1S/C13H21N3O/c1-3-11-5-4-7-16(8-6-11)13(17)12-9-14-15-10(12)2/h9,11H,3-8H2,1-2H3,(H,14,15). The molecule has 0 saturated carbocycles. The third kappa shape index (κ3) is 2.68. The van der Waals surface area contributed by atoms with E-state index in [0.29, 0.717) is 0 Å². The van der Waals surface area contributed by atoms with Crippen LogP contribution in [0, 0.1) is 12.8 Å². The molecule has 1 unspecified atom stereocenters. The minimum atomic E-state index is 0.132. The Labute approximate surface area is 102 Å². The van der Waals surface area contributed by atoms with Gasteiger partial charge in [0, 0.05) is 18.8 Å². The topological polar surface area (TPSA) is 49.0 Å². The molecule has 1 aromatic heterocycles. The third-order valence-electron chi connectivity index (χ3n) is 3.77. The van der Waals surface area contributed by atoms with Gasteiger partial charge in [-0.2, -0.15) is 5.10 Å². The van der Waals surface area contributed by atoms with Crippen molar-refractivity contribution in [2.45, 2.75) is 39.5 Å². The minimum absolute atomic E-state index is 0.132. The van der Waals surface area contributed by atoms with Crippen molar-refractivity contribution in [2.75, 3.05) is 13.1 Å². The van der Waals surface area contributed by atoms with Crippen LogP contribution < -0.4 is 0 Å². The van der Waals surface area contributed by atoms with E-state index in [2.05, 4.69) is 17.1 Å². The third-order valence-corrected chi connectivity index (χ3v) is 3.77. The molecule has 2 rings (SSSR count). The van der Waals surface area contributed by atoms with Crippen LogP contribution in [0.5, 0.6) is 0 Å². The number of nitrogens with one attached hydrogen (secondary N) is 1. The summed E-state index contributed by atoms with van der Waals surface area (Å²) < 4.78 is 0. The van der Waals surface area contributed by atoms with Gasteiger partial charge in [-0.3, -0.25) is 9.89 Å². The Kier molecular flexibility index (Phi) is 3.82. The van der Waals surface area contributed by atoms with Crippen molar-refractivity contribution in [3.05, 3.63) is 17.5 Å². The summed E-state index contributed by atoms with van der Waals surface area (Å²) in [6.07, 6.45) is 6.39. The molecule has 0 radical (unpaired) electrons. The molecule has 4 heteroatoms. The van der Waals surface area contributed by atoms with Gasteiger partial charge in [0.2, 0.25) is 0 Å². The number of hydrogen-bond acceptors (Lipinski definition) is 2. The molecule has 17 heavy (non-hydrogen) atoms. The van der Waals surface area contributed by atoms with E-state index in [-0.39, 0.29) is 5.91 Å². The van der Waals surface area contributed by atoms with Crippen LogP contribution >= 0.6 is 0 Å². The van der Waals surface area contributed by atoms with Crippen LogP contribution in [0.3, 0.4) is 0 Å². The second-order valence-corrected chi connectivity index (χ2v) is 4.91. The number of nitrogens with zero attached hydrogens (tertiary/aromatic N) is 2. The van der Waals surface area contributed by atoms with Gasteiger partial charge < -0.3 is 4.90 Å². The number of aromatic amines is 1. The fourth-order valence-corrected chi connectivity index (χ4v) is 2.51. The number of likely N-dealkylation sites (tertiary alicyclic amines) is 1. The summed E-state index contributed by atoms with van der Waals surface area (Å²) in [7, 11) is 0. The van der Waals surface area contributed by atoms with Crippen molar-refractivity contribution in [3.63, 3.8) is 0 Å². The van der Waals surface area contributed by atoms with E-state index in [0.717, 1.165) is 43.1 Å². The van der Waals surface area contributed by atoms with Crippen molar-refractivity contribution in [2.24, 2.45) is 5.92 Å². The molecule has 1 aliphatic heterocycles. The summed E-state index contributed by atoms with van der Waals surface area (Å²) in [5, 5.41) is 6.75. The maximum atomic E-state index is 12.3. The van der Waals surface area contributed by atoms with Crippen molar-refractivity contribution in [3.8, 4) is 0 Å². The van der Waals surface area contributed by atoms with Crippen LogP contribution in [0.1, 0.15) is 48.7 Å². The molecule has 1 aromatic rings. The van der Waals surface area contributed by atoms with Gasteiger partial charge in [-0.15, -0.1) is 0 Å². The van der Waals surface area contributed by atoms with Crippen LogP contribution in [-0.4, -0.2) is 34.1 Å². The molecule has 4 nitrogen and oxygen atoms in total. The first kappa shape index (κ1) is 12.1. The zero-order valence-corrected chi connectivity index (χ0v) is 10.7. The fraction of sp³-hybridized carbons (Fsp3) is 0.692. The summed E-state index contributed by atoms with van der Waals surface area (Å²) in [6.45, 7) is 5.91. The monoisotopic (exact) mass is 235 g/mol. The Morgan fingerprint density at radius 1 is 1.53 bits per heavy atom. The van der Waals surface area contributed by atoms with Crippen LogP contribution in [-0.2, 0) is 0 Å². The molecule has 94 valence electrons. The molecule has 1 atom stereocenters. The first-order valence-electron chi connectivity index (χ1n) is 6.51. The second-order valence-electron chi connectivity index (χ2n) is 4.91. The Hall–Kier alpha value is -1.32. The summed E-state index contributed by atoms with van der Waals surface area (Å²) >= 11 is 0. The van der Waals surface area contributed by atoms with Gasteiger partial charge in [-0.1, -0.05) is 13.3 Å². The largest absolute Gasteiger partial charge is 0.339 e. The molecule has 1 saturated heterocycles. The lowest BCUT2D eigenvalue weighted by Gasteiger charge is -2.20. The quantitative estimate of drug-likeness (QED) is 0.855. The molecular weight excluding hydrogens is 214 g/mol. The van der Waals surface area contributed by atoms with Crippen molar-refractivity contribution in [1.82, 2.24) is 15.1 Å². The Bertz CT molecular complexity index is 386. The van der Waals surface area contributed by atoms with E-state index >= 15 is 0 Å². The number of H-pyrrole nitrogens is 1. The van der Waals surface area contributed by atoms with Gasteiger partial charge in [-0.05, 0) is 32.1 Å². The van der Waals surface area contributed by atoms with E-state index in [1.165, 1.54) is 12.8 Å². The number of amides is 1. The molecule has 0 aliphatic carbocycles. The SMILES string of the molecule is CCC1CCCN(C(=O)c2cn[nH]c2C)CC1.